The highest BCUT2D eigenvalue weighted by atomic mass is 19.1. The summed E-state index contributed by atoms with van der Waals surface area (Å²) in [5, 5.41) is 2.62. The Morgan fingerprint density at radius 3 is 2.43 bits per heavy atom. The van der Waals surface area contributed by atoms with Gasteiger partial charge in [-0.1, -0.05) is 0 Å². The van der Waals surface area contributed by atoms with Crippen molar-refractivity contribution in [3.05, 3.63) is 0 Å². The molecule has 2 amide bonds. The van der Waals surface area contributed by atoms with Crippen molar-refractivity contribution in [1.82, 2.24) is 15.1 Å². The van der Waals surface area contributed by atoms with Crippen LogP contribution in [0.5, 0.6) is 0 Å². The van der Waals surface area contributed by atoms with Crippen LogP contribution in [0.1, 0.15) is 19.3 Å². The molecule has 3 rings (SSSR count). The van der Waals surface area contributed by atoms with Gasteiger partial charge in [-0.2, -0.15) is 0 Å². The summed E-state index contributed by atoms with van der Waals surface area (Å²) < 4.78 is 20.0. The number of amides is 2. The third kappa shape index (κ3) is 2.32. The minimum Gasteiger partial charge on any atom is -0.368 e. The second-order valence-corrected chi connectivity index (χ2v) is 6.52. The van der Waals surface area contributed by atoms with Gasteiger partial charge in [0.25, 0.3) is 5.91 Å². The third-order valence-corrected chi connectivity index (χ3v) is 4.94. The summed E-state index contributed by atoms with van der Waals surface area (Å²) in [4.78, 5) is 27.3. The van der Waals surface area contributed by atoms with E-state index in [0.29, 0.717) is 39.1 Å². The first-order chi connectivity index (χ1) is 9.89. The number of hydrogen-bond donors (Lipinski definition) is 1. The lowest BCUT2D eigenvalue weighted by atomic mass is 9.79. The van der Waals surface area contributed by atoms with E-state index in [4.69, 9.17) is 4.74 Å². The van der Waals surface area contributed by atoms with E-state index >= 15 is 0 Å². The van der Waals surface area contributed by atoms with Gasteiger partial charge in [0.1, 0.15) is 11.6 Å². The molecule has 118 valence electrons. The average Bonchev–Trinajstić information content (AvgIpc) is 2.40. The second-order valence-electron chi connectivity index (χ2n) is 6.52. The van der Waals surface area contributed by atoms with E-state index in [2.05, 4.69) is 5.32 Å². The zero-order chi connectivity index (χ0) is 15.3. The van der Waals surface area contributed by atoms with E-state index in [-0.39, 0.29) is 17.9 Å². The number of nitrogens with zero attached hydrogens (tertiary/aromatic N) is 2. The SMILES string of the molecule is CNC(=O)[C@H]1COC2(CN(C(=O)C3(F)CCC3)C2)CN1C. The predicted octanol–water partition coefficient (Wildman–Crippen LogP) is -0.464. The molecule has 0 unspecified atom stereocenters. The number of hydrogen-bond acceptors (Lipinski definition) is 4. The summed E-state index contributed by atoms with van der Waals surface area (Å²) in [7, 11) is 3.47. The molecule has 0 bridgehead atoms. The van der Waals surface area contributed by atoms with E-state index in [9.17, 15) is 14.0 Å². The van der Waals surface area contributed by atoms with Gasteiger partial charge in [0.2, 0.25) is 5.91 Å². The van der Waals surface area contributed by atoms with Crippen LogP contribution in [-0.4, -0.2) is 79.3 Å². The Kier molecular flexibility index (Phi) is 3.44. The van der Waals surface area contributed by atoms with Crippen molar-refractivity contribution in [3.63, 3.8) is 0 Å². The minimum atomic E-state index is -1.63. The molecule has 3 fully saturated rings. The largest absolute Gasteiger partial charge is 0.368 e. The van der Waals surface area contributed by atoms with Gasteiger partial charge >= 0.3 is 0 Å². The number of halogens is 1. The lowest BCUT2D eigenvalue weighted by Crippen LogP contribution is -2.74. The van der Waals surface area contributed by atoms with Crippen molar-refractivity contribution in [1.29, 1.82) is 0 Å². The maximum Gasteiger partial charge on any atom is 0.260 e. The van der Waals surface area contributed by atoms with Crippen molar-refractivity contribution >= 4 is 11.8 Å². The molecular weight excluding hydrogens is 277 g/mol. The number of carbonyl (C=O) groups excluding carboxylic acids is 2. The number of morpholine rings is 1. The molecule has 3 aliphatic rings. The summed E-state index contributed by atoms with van der Waals surface area (Å²) in [6, 6.07) is -0.301. The van der Waals surface area contributed by atoms with Crippen molar-refractivity contribution in [2.75, 3.05) is 40.3 Å². The Balaban J connectivity index is 1.56. The smallest absolute Gasteiger partial charge is 0.260 e. The highest BCUT2D eigenvalue weighted by Crippen LogP contribution is 2.40. The Bertz CT molecular complexity index is 460. The van der Waals surface area contributed by atoms with Crippen LogP contribution in [0.15, 0.2) is 0 Å². The first-order valence-electron chi connectivity index (χ1n) is 7.43. The topological polar surface area (TPSA) is 61.9 Å². The molecule has 1 N–H and O–H groups in total. The van der Waals surface area contributed by atoms with Crippen LogP contribution in [0.2, 0.25) is 0 Å². The number of likely N-dealkylation sites (N-methyl/N-ethyl adjacent to an activating group) is 2. The minimum absolute atomic E-state index is 0.0724. The van der Waals surface area contributed by atoms with Crippen LogP contribution in [0.4, 0.5) is 4.39 Å². The number of ether oxygens (including phenoxy) is 1. The van der Waals surface area contributed by atoms with Crippen molar-refractivity contribution in [3.8, 4) is 0 Å². The van der Waals surface area contributed by atoms with Gasteiger partial charge in [-0.25, -0.2) is 4.39 Å². The molecular formula is C14H22FN3O3. The fourth-order valence-corrected chi connectivity index (χ4v) is 3.40. The summed E-state index contributed by atoms with van der Waals surface area (Å²) in [6.07, 6.45) is 1.47. The highest BCUT2D eigenvalue weighted by Gasteiger charge is 2.56. The van der Waals surface area contributed by atoms with E-state index in [1.165, 1.54) is 0 Å². The molecule has 21 heavy (non-hydrogen) atoms. The van der Waals surface area contributed by atoms with Crippen LogP contribution in [0, 0.1) is 0 Å². The summed E-state index contributed by atoms with van der Waals surface area (Å²) in [5.41, 5.74) is -2.07. The maximum atomic E-state index is 14.1. The number of nitrogens with one attached hydrogen (secondary N) is 1. The molecule has 2 heterocycles. The highest BCUT2D eigenvalue weighted by molar-refractivity contribution is 5.87. The first kappa shape index (κ1) is 14.7. The normalized spacial score (nSPS) is 30.4. The molecule has 0 aromatic carbocycles. The fraction of sp³-hybridized carbons (Fsp3) is 0.857. The molecule has 6 nitrogen and oxygen atoms in total. The molecule has 2 aliphatic heterocycles. The van der Waals surface area contributed by atoms with Crippen molar-refractivity contribution < 1.29 is 18.7 Å². The molecule has 2 saturated heterocycles. The van der Waals surface area contributed by atoms with Gasteiger partial charge in [0.05, 0.1) is 19.7 Å². The lowest BCUT2D eigenvalue weighted by molar-refractivity contribution is -0.208. The number of carbonyl (C=O) groups is 2. The summed E-state index contributed by atoms with van der Waals surface area (Å²) in [6.45, 7) is 1.72. The van der Waals surface area contributed by atoms with Gasteiger partial charge in [0.15, 0.2) is 5.67 Å². The van der Waals surface area contributed by atoms with Crippen LogP contribution in [0.25, 0.3) is 0 Å². The Morgan fingerprint density at radius 2 is 1.95 bits per heavy atom. The number of alkyl halides is 1. The van der Waals surface area contributed by atoms with Gasteiger partial charge in [-0.15, -0.1) is 0 Å². The quantitative estimate of drug-likeness (QED) is 0.749. The Morgan fingerprint density at radius 1 is 1.29 bits per heavy atom. The standard InChI is InChI=1S/C14H22FN3O3/c1-16-11(19)10-6-21-13(7-17(10)2)8-18(9-13)12(20)14(15)4-3-5-14/h10H,3-9H2,1-2H3,(H,16,19)/t10-/m1/s1. The molecule has 0 aromatic heterocycles. The zero-order valence-electron chi connectivity index (χ0n) is 12.5. The van der Waals surface area contributed by atoms with Crippen molar-refractivity contribution in [2.45, 2.75) is 36.6 Å². The van der Waals surface area contributed by atoms with Crippen LogP contribution in [-0.2, 0) is 14.3 Å². The van der Waals surface area contributed by atoms with Crippen molar-refractivity contribution in [2.24, 2.45) is 0 Å². The predicted molar refractivity (Wildman–Crippen MR) is 73.4 cm³/mol. The van der Waals surface area contributed by atoms with E-state index in [1.54, 1.807) is 11.9 Å². The molecule has 1 atom stereocenters. The molecule has 1 saturated carbocycles. The van der Waals surface area contributed by atoms with Gasteiger partial charge in [-0.3, -0.25) is 14.5 Å². The number of rotatable bonds is 2. The number of likely N-dealkylation sites (tertiary alicyclic amines) is 1. The second kappa shape index (κ2) is 4.91. The van der Waals surface area contributed by atoms with Crippen LogP contribution < -0.4 is 5.32 Å². The molecule has 0 aromatic rings. The van der Waals surface area contributed by atoms with E-state index in [0.717, 1.165) is 6.42 Å². The van der Waals surface area contributed by atoms with Crippen LogP contribution in [0.3, 0.4) is 0 Å². The van der Waals surface area contributed by atoms with Gasteiger partial charge in [0, 0.05) is 13.6 Å². The van der Waals surface area contributed by atoms with E-state index < -0.39 is 11.3 Å². The third-order valence-electron chi connectivity index (χ3n) is 4.94. The molecule has 1 spiro atoms. The first-order valence-corrected chi connectivity index (χ1v) is 7.43. The fourth-order valence-electron chi connectivity index (χ4n) is 3.40. The monoisotopic (exact) mass is 299 g/mol. The maximum absolute atomic E-state index is 14.1. The van der Waals surface area contributed by atoms with Gasteiger partial charge in [-0.05, 0) is 26.3 Å². The lowest BCUT2D eigenvalue weighted by Gasteiger charge is -2.56. The Hall–Kier alpha value is -1.21. The van der Waals surface area contributed by atoms with Gasteiger partial charge < -0.3 is 15.0 Å². The van der Waals surface area contributed by atoms with E-state index in [1.807, 2.05) is 11.9 Å². The van der Waals surface area contributed by atoms with Crippen LogP contribution >= 0.6 is 0 Å². The average molecular weight is 299 g/mol. The molecule has 7 heteroatoms. The Labute approximate surface area is 123 Å². The molecule has 1 aliphatic carbocycles. The molecule has 0 radical (unpaired) electrons. The zero-order valence-corrected chi connectivity index (χ0v) is 12.5. The summed E-state index contributed by atoms with van der Waals surface area (Å²) in [5.74, 6) is -0.462. The summed E-state index contributed by atoms with van der Waals surface area (Å²) >= 11 is 0.